The molecule has 1 N–H and O–H groups in total. The molecule has 2 heteroatoms. The van der Waals surface area contributed by atoms with E-state index in [1.807, 2.05) is 18.2 Å². The summed E-state index contributed by atoms with van der Waals surface area (Å²) in [6, 6.07) is 26.8. The lowest BCUT2D eigenvalue weighted by atomic mass is 9.46. The van der Waals surface area contributed by atoms with Crippen LogP contribution >= 0.6 is 0 Å². The first-order valence-corrected chi connectivity index (χ1v) is 11.4. The minimum atomic E-state index is -0.484. The average molecular weight is 411 g/mol. The van der Waals surface area contributed by atoms with Crippen LogP contribution in [0.1, 0.15) is 54.4 Å². The summed E-state index contributed by atoms with van der Waals surface area (Å²) >= 11 is 0. The number of carbonyl (C=O) groups excluding carboxylic acids is 1. The molecule has 5 rings (SSSR count). The Labute approximate surface area is 185 Å². The molecule has 0 unspecified atom stereocenters. The van der Waals surface area contributed by atoms with Crippen LogP contribution in [0.3, 0.4) is 0 Å². The molecule has 1 saturated carbocycles. The molecule has 158 valence electrons. The van der Waals surface area contributed by atoms with E-state index in [2.05, 4.69) is 61.5 Å². The van der Waals surface area contributed by atoms with E-state index in [-0.39, 0.29) is 11.3 Å². The zero-order valence-electron chi connectivity index (χ0n) is 18.2. The standard InChI is InChI=1S/C29H30O2/c1-28-16-14-23-18-24(30)12-13-25(23)27(28)29(26(31)15-17-28,19-21-8-4-2-5-9-21)20-22-10-6-3-7-11-22/h2-13,18,27,30H,14-17,19-20H2,1H3/t27-,28+/m1/s1. The summed E-state index contributed by atoms with van der Waals surface area (Å²) < 4.78 is 0. The second-order valence-corrected chi connectivity index (χ2v) is 9.87. The molecule has 1 fully saturated rings. The SMILES string of the molecule is C[C@]12CCC(=O)C(Cc3ccccc3)(Cc3ccccc3)[C@@H]1c1ccc(O)cc1CC2. The Morgan fingerprint density at radius 1 is 0.839 bits per heavy atom. The van der Waals surface area contributed by atoms with Gasteiger partial charge in [-0.15, -0.1) is 0 Å². The molecule has 3 aromatic rings. The molecule has 0 amide bonds. The first-order valence-electron chi connectivity index (χ1n) is 11.4. The van der Waals surface area contributed by atoms with Crippen LogP contribution in [0.4, 0.5) is 0 Å². The maximum atomic E-state index is 13.9. The average Bonchev–Trinajstić information content (AvgIpc) is 2.78. The van der Waals surface area contributed by atoms with Crippen molar-refractivity contribution >= 4 is 5.78 Å². The molecule has 2 atom stereocenters. The van der Waals surface area contributed by atoms with Crippen LogP contribution in [0, 0.1) is 10.8 Å². The van der Waals surface area contributed by atoms with E-state index in [0.29, 0.717) is 18.0 Å². The number of hydrogen-bond donors (Lipinski definition) is 1. The smallest absolute Gasteiger partial charge is 0.140 e. The van der Waals surface area contributed by atoms with Crippen LogP contribution in [-0.4, -0.2) is 10.9 Å². The topological polar surface area (TPSA) is 37.3 Å². The Kier molecular flexibility index (Phi) is 4.97. The lowest BCUT2D eigenvalue weighted by Crippen LogP contribution is -2.53. The van der Waals surface area contributed by atoms with Crippen molar-refractivity contribution in [3.05, 3.63) is 101 Å². The monoisotopic (exact) mass is 410 g/mol. The van der Waals surface area contributed by atoms with Crippen molar-refractivity contribution in [3.63, 3.8) is 0 Å². The summed E-state index contributed by atoms with van der Waals surface area (Å²) in [6.45, 7) is 2.39. The Morgan fingerprint density at radius 2 is 1.42 bits per heavy atom. The van der Waals surface area contributed by atoms with Gasteiger partial charge in [0.2, 0.25) is 0 Å². The Balaban J connectivity index is 1.71. The lowest BCUT2D eigenvalue weighted by molar-refractivity contribution is -0.139. The number of benzene rings is 3. The van der Waals surface area contributed by atoms with Crippen LogP contribution in [0.25, 0.3) is 0 Å². The fourth-order valence-corrected chi connectivity index (χ4v) is 6.46. The lowest BCUT2D eigenvalue weighted by Gasteiger charge is -2.56. The van der Waals surface area contributed by atoms with Gasteiger partial charge in [0.05, 0.1) is 0 Å². The molecule has 0 aromatic heterocycles. The van der Waals surface area contributed by atoms with Crippen LogP contribution in [-0.2, 0) is 24.1 Å². The quantitative estimate of drug-likeness (QED) is 0.551. The minimum absolute atomic E-state index is 0.0848. The number of ketones is 1. The first kappa shape index (κ1) is 20.1. The summed E-state index contributed by atoms with van der Waals surface area (Å²) in [6.07, 6.45) is 5.14. The second kappa shape index (κ2) is 7.67. The van der Waals surface area contributed by atoms with E-state index in [1.54, 1.807) is 6.07 Å². The Bertz CT molecular complexity index is 1040. The van der Waals surface area contributed by atoms with Gasteiger partial charge >= 0.3 is 0 Å². The van der Waals surface area contributed by atoms with Gasteiger partial charge in [-0.1, -0.05) is 73.7 Å². The normalized spacial score (nSPS) is 24.3. The molecule has 0 spiro atoms. The summed E-state index contributed by atoms with van der Waals surface area (Å²) in [5, 5.41) is 10.1. The van der Waals surface area contributed by atoms with Gasteiger partial charge < -0.3 is 5.11 Å². The zero-order valence-corrected chi connectivity index (χ0v) is 18.2. The van der Waals surface area contributed by atoms with Crippen molar-refractivity contribution in [1.29, 1.82) is 0 Å². The summed E-state index contributed by atoms with van der Waals surface area (Å²) in [7, 11) is 0. The molecule has 0 heterocycles. The van der Waals surface area contributed by atoms with Gasteiger partial charge in [-0.25, -0.2) is 0 Å². The van der Waals surface area contributed by atoms with E-state index >= 15 is 0 Å². The predicted octanol–water partition coefficient (Wildman–Crippen LogP) is 6.26. The molecular weight excluding hydrogens is 380 g/mol. The number of carbonyl (C=O) groups is 1. The van der Waals surface area contributed by atoms with E-state index < -0.39 is 5.41 Å². The van der Waals surface area contributed by atoms with Crippen LogP contribution < -0.4 is 0 Å². The van der Waals surface area contributed by atoms with Crippen molar-refractivity contribution in [2.24, 2.45) is 10.8 Å². The van der Waals surface area contributed by atoms with Gasteiger partial charge in [0.25, 0.3) is 0 Å². The predicted molar refractivity (Wildman–Crippen MR) is 124 cm³/mol. The van der Waals surface area contributed by atoms with Crippen molar-refractivity contribution in [2.75, 3.05) is 0 Å². The van der Waals surface area contributed by atoms with Crippen LogP contribution in [0.15, 0.2) is 78.9 Å². The van der Waals surface area contributed by atoms with E-state index in [9.17, 15) is 9.90 Å². The maximum absolute atomic E-state index is 13.9. The molecule has 2 nitrogen and oxygen atoms in total. The van der Waals surface area contributed by atoms with Gasteiger partial charge in [0.1, 0.15) is 11.5 Å². The highest BCUT2D eigenvalue weighted by Crippen LogP contribution is 2.62. The van der Waals surface area contributed by atoms with Crippen molar-refractivity contribution in [3.8, 4) is 5.75 Å². The maximum Gasteiger partial charge on any atom is 0.140 e. The fraction of sp³-hybridized carbons (Fsp3) is 0.345. The number of phenolic OH excluding ortho intramolecular Hbond substituents is 1. The van der Waals surface area contributed by atoms with Gasteiger partial charge in [-0.2, -0.15) is 0 Å². The zero-order chi connectivity index (χ0) is 21.5. The molecule has 2 aliphatic carbocycles. The number of rotatable bonds is 4. The highest BCUT2D eigenvalue weighted by molar-refractivity contribution is 5.88. The van der Waals surface area contributed by atoms with E-state index in [1.165, 1.54) is 22.3 Å². The highest BCUT2D eigenvalue weighted by Gasteiger charge is 2.57. The summed E-state index contributed by atoms with van der Waals surface area (Å²) in [4.78, 5) is 13.9. The third-order valence-corrected chi connectivity index (χ3v) is 7.86. The summed E-state index contributed by atoms with van der Waals surface area (Å²) in [5.41, 5.74) is 4.53. The molecule has 0 radical (unpaired) electrons. The second-order valence-electron chi connectivity index (χ2n) is 9.87. The van der Waals surface area contributed by atoms with Gasteiger partial charge in [0, 0.05) is 17.8 Å². The van der Waals surface area contributed by atoms with Crippen LogP contribution in [0.5, 0.6) is 5.75 Å². The van der Waals surface area contributed by atoms with E-state index in [4.69, 9.17) is 0 Å². The third kappa shape index (κ3) is 3.48. The summed E-state index contributed by atoms with van der Waals surface area (Å²) in [5.74, 6) is 0.857. The number of aromatic hydroxyl groups is 1. The van der Waals surface area contributed by atoms with Gasteiger partial charge in [-0.3, -0.25) is 4.79 Å². The van der Waals surface area contributed by atoms with E-state index in [0.717, 1.165) is 32.1 Å². The van der Waals surface area contributed by atoms with Crippen LogP contribution in [0.2, 0.25) is 0 Å². The molecule has 2 aliphatic rings. The number of phenols is 1. The molecule has 0 bridgehead atoms. The Hall–Kier alpha value is -2.87. The number of Topliss-reactive ketones (excluding diaryl/α,β-unsaturated/α-hetero) is 1. The molecule has 0 aliphatic heterocycles. The Morgan fingerprint density at radius 3 is 2.03 bits per heavy atom. The third-order valence-electron chi connectivity index (χ3n) is 7.86. The molecule has 3 aromatic carbocycles. The minimum Gasteiger partial charge on any atom is -0.508 e. The van der Waals surface area contributed by atoms with Gasteiger partial charge in [0.15, 0.2) is 0 Å². The number of fused-ring (bicyclic) bond motifs is 3. The van der Waals surface area contributed by atoms with Crippen molar-refractivity contribution in [2.45, 2.75) is 51.4 Å². The number of hydrogen-bond acceptors (Lipinski definition) is 2. The first-order chi connectivity index (χ1) is 15.0. The molecule has 0 saturated heterocycles. The largest absolute Gasteiger partial charge is 0.508 e. The highest BCUT2D eigenvalue weighted by atomic mass is 16.3. The van der Waals surface area contributed by atoms with Crippen molar-refractivity contribution < 1.29 is 9.90 Å². The molecular formula is C29H30O2. The molecule has 31 heavy (non-hydrogen) atoms. The fourth-order valence-electron chi connectivity index (χ4n) is 6.46. The van der Waals surface area contributed by atoms with Crippen molar-refractivity contribution in [1.82, 2.24) is 0 Å². The number of aryl methyl sites for hydroxylation is 1. The van der Waals surface area contributed by atoms with Gasteiger partial charge in [-0.05, 0) is 71.9 Å².